The number of Topliss-reactive ketones (excluding diaryl/α,β-unsaturated/α-hetero) is 1. The van der Waals surface area contributed by atoms with Gasteiger partial charge in [0.25, 0.3) is 0 Å². The number of alkyl halides is 6. The molecule has 1 aromatic carbocycles. The molecule has 0 heterocycles. The van der Waals surface area contributed by atoms with E-state index in [2.05, 4.69) is 16.8 Å². The highest BCUT2D eigenvalue weighted by atomic mass is 35.5. The maximum absolute atomic E-state index is 12.9. The van der Waals surface area contributed by atoms with Gasteiger partial charge in [0.15, 0.2) is 5.78 Å². The van der Waals surface area contributed by atoms with Crippen LogP contribution in [0.1, 0.15) is 30.5 Å². The SMILES string of the molecule is CC(C)(C#Cc1cc(C(F)(F)F)cc(C(F)(F)F)c1)N=CC1C=C(Cl)C=C(Cl)C1=O. The van der Waals surface area contributed by atoms with Crippen molar-refractivity contribution in [3.8, 4) is 11.8 Å². The van der Waals surface area contributed by atoms with Crippen molar-refractivity contribution in [3.05, 3.63) is 57.1 Å². The Labute approximate surface area is 178 Å². The van der Waals surface area contributed by atoms with E-state index >= 15 is 0 Å². The lowest BCUT2D eigenvalue weighted by molar-refractivity contribution is -0.143. The van der Waals surface area contributed by atoms with Crippen molar-refractivity contribution >= 4 is 35.2 Å². The lowest BCUT2D eigenvalue weighted by Gasteiger charge is -2.15. The Balaban J connectivity index is 2.35. The zero-order chi connectivity index (χ0) is 22.9. The van der Waals surface area contributed by atoms with E-state index < -0.39 is 46.3 Å². The topological polar surface area (TPSA) is 29.4 Å². The van der Waals surface area contributed by atoms with Crippen LogP contribution in [0.25, 0.3) is 0 Å². The van der Waals surface area contributed by atoms with Gasteiger partial charge in [-0.3, -0.25) is 9.79 Å². The Bertz CT molecular complexity index is 975. The van der Waals surface area contributed by atoms with Gasteiger partial charge in [-0.25, -0.2) is 0 Å². The fraction of sp³-hybridized carbons (Fsp3) is 0.300. The van der Waals surface area contributed by atoms with Crippen molar-refractivity contribution < 1.29 is 31.1 Å². The van der Waals surface area contributed by atoms with Crippen LogP contribution in [-0.4, -0.2) is 17.5 Å². The van der Waals surface area contributed by atoms with E-state index in [0.717, 1.165) is 0 Å². The van der Waals surface area contributed by atoms with Crippen LogP contribution < -0.4 is 0 Å². The normalized spacial score (nSPS) is 18.1. The third kappa shape index (κ3) is 6.38. The monoisotopic (exact) mass is 467 g/mol. The second-order valence-corrected chi connectivity index (χ2v) is 7.66. The van der Waals surface area contributed by atoms with Gasteiger partial charge < -0.3 is 0 Å². The number of aliphatic imine (C=N–C) groups is 1. The molecule has 1 unspecified atom stereocenters. The van der Waals surface area contributed by atoms with Crippen molar-refractivity contribution in [1.29, 1.82) is 0 Å². The standard InChI is InChI=1S/C20H13Cl2F6NO/c1-18(2,29-10-12-7-15(21)9-16(22)17(12)30)4-3-11-5-13(19(23,24)25)8-14(6-11)20(26,27)28/h5-10,12H,1-2H3. The Morgan fingerprint density at radius 1 is 1.00 bits per heavy atom. The number of halogens is 8. The van der Waals surface area contributed by atoms with Gasteiger partial charge in [-0.2, -0.15) is 26.3 Å². The van der Waals surface area contributed by atoms with Crippen molar-refractivity contribution in [1.82, 2.24) is 0 Å². The number of hydrogen-bond acceptors (Lipinski definition) is 2. The minimum absolute atomic E-state index is 0.0243. The second kappa shape index (κ2) is 8.48. The lowest BCUT2D eigenvalue weighted by Crippen LogP contribution is -2.21. The molecule has 0 spiro atoms. The Morgan fingerprint density at radius 2 is 1.53 bits per heavy atom. The summed E-state index contributed by atoms with van der Waals surface area (Å²) in [5, 5.41) is 0.134. The zero-order valence-electron chi connectivity index (χ0n) is 15.4. The van der Waals surface area contributed by atoms with Crippen LogP contribution in [0, 0.1) is 17.8 Å². The maximum Gasteiger partial charge on any atom is 0.416 e. The summed E-state index contributed by atoms with van der Waals surface area (Å²) < 4.78 is 77.6. The van der Waals surface area contributed by atoms with Crippen LogP contribution in [-0.2, 0) is 17.1 Å². The van der Waals surface area contributed by atoms with Crippen LogP contribution in [0.4, 0.5) is 26.3 Å². The van der Waals surface area contributed by atoms with E-state index in [0.29, 0.717) is 12.1 Å². The zero-order valence-corrected chi connectivity index (χ0v) is 16.9. The number of nitrogens with zero attached hydrogens (tertiary/aromatic N) is 1. The number of carbonyl (C=O) groups is 1. The third-order valence-electron chi connectivity index (χ3n) is 3.80. The Kier molecular flexibility index (Phi) is 6.79. The summed E-state index contributed by atoms with van der Waals surface area (Å²) in [6, 6.07) is 1.08. The van der Waals surface area contributed by atoms with Crippen molar-refractivity contribution in [2.75, 3.05) is 0 Å². The van der Waals surface area contributed by atoms with E-state index in [1.807, 2.05) is 0 Å². The molecule has 0 radical (unpaired) electrons. The van der Waals surface area contributed by atoms with Crippen LogP contribution in [0.3, 0.4) is 0 Å². The van der Waals surface area contributed by atoms with Crippen molar-refractivity contribution in [2.24, 2.45) is 10.9 Å². The highest BCUT2D eigenvalue weighted by molar-refractivity contribution is 6.46. The number of ketones is 1. The number of rotatable bonds is 2. The summed E-state index contributed by atoms with van der Waals surface area (Å²) in [7, 11) is 0. The van der Waals surface area contributed by atoms with Gasteiger partial charge >= 0.3 is 12.4 Å². The van der Waals surface area contributed by atoms with Crippen LogP contribution in [0.15, 0.2) is 45.4 Å². The molecule has 0 fully saturated rings. The van der Waals surface area contributed by atoms with Crippen molar-refractivity contribution in [2.45, 2.75) is 31.7 Å². The second-order valence-electron chi connectivity index (χ2n) is 6.82. The molecule has 10 heteroatoms. The maximum atomic E-state index is 12.9. The Hall–Kier alpha value is -2.24. The quantitative estimate of drug-likeness (QED) is 0.282. The van der Waals surface area contributed by atoms with Crippen LogP contribution in [0.5, 0.6) is 0 Å². The summed E-state index contributed by atoms with van der Waals surface area (Å²) in [4.78, 5) is 16.1. The van der Waals surface area contributed by atoms with E-state index in [9.17, 15) is 31.1 Å². The molecule has 0 aliphatic heterocycles. The lowest BCUT2D eigenvalue weighted by atomic mass is 9.99. The summed E-state index contributed by atoms with van der Waals surface area (Å²) in [5.74, 6) is 3.50. The van der Waals surface area contributed by atoms with E-state index in [1.54, 1.807) is 0 Å². The first-order valence-corrected chi connectivity index (χ1v) is 9.01. The third-order valence-corrected chi connectivity index (χ3v) is 4.33. The van der Waals surface area contributed by atoms with Gasteiger partial charge in [0.1, 0.15) is 5.54 Å². The molecule has 0 aromatic heterocycles. The molecule has 160 valence electrons. The first-order valence-electron chi connectivity index (χ1n) is 8.25. The number of carbonyl (C=O) groups excluding carboxylic acids is 1. The summed E-state index contributed by atoms with van der Waals surface area (Å²) >= 11 is 11.6. The van der Waals surface area contributed by atoms with E-state index in [1.165, 1.54) is 32.2 Å². The summed E-state index contributed by atoms with van der Waals surface area (Å²) in [6.45, 7) is 2.95. The molecule has 30 heavy (non-hydrogen) atoms. The van der Waals surface area contributed by atoms with Gasteiger partial charge in [-0.1, -0.05) is 35.0 Å². The van der Waals surface area contributed by atoms with Crippen LogP contribution >= 0.6 is 23.2 Å². The fourth-order valence-corrected chi connectivity index (χ4v) is 2.85. The number of hydrogen-bond donors (Lipinski definition) is 0. The molecule has 0 saturated heterocycles. The first kappa shape index (κ1) is 24.0. The minimum atomic E-state index is -4.97. The number of allylic oxidation sites excluding steroid dienone is 4. The molecular formula is C20H13Cl2F6NO. The highest BCUT2D eigenvalue weighted by Crippen LogP contribution is 2.36. The van der Waals surface area contributed by atoms with Gasteiger partial charge in [-0.05, 0) is 44.2 Å². The average molecular weight is 468 g/mol. The molecule has 1 aliphatic rings. The predicted molar refractivity (Wildman–Crippen MR) is 102 cm³/mol. The summed E-state index contributed by atoms with van der Waals surface area (Å²) in [5.41, 5.74) is -4.61. The molecule has 0 bridgehead atoms. The summed E-state index contributed by atoms with van der Waals surface area (Å²) in [6.07, 6.45) is -6.05. The molecule has 0 N–H and O–H groups in total. The average Bonchev–Trinajstić information content (AvgIpc) is 2.60. The largest absolute Gasteiger partial charge is 0.416 e. The number of benzene rings is 1. The smallest absolute Gasteiger partial charge is 0.292 e. The van der Waals surface area contributed by atoms with Crippen LogP contribution in [0.2, 0.25) is 0 Å². The minimum Gasteiger partial charge on any atom is -0.292 e. The fourth-order valence-electron chi connectivity index (χ4n) is 2.31. The van der Waals surface area contributed by atoms with Gasteiger partial charge in [-0.15, -0.1) is 0 Å². The molecule has 0 saturated carbocycles. The highest BCUT2D eigenvalue weighted by Gasteiger charge is 2.36. The Morgan fingerprint density at radius 3 is 2.03 bits per heavy atom. The molecule has 1 aromatic rings. The molecular weight excluding hydrogens is 455 g/mol. The van der Waals surface area contributed by atoms with Gasteiger partial charge in [0.05, 0.1) is 22.1 Å². The molecule has 0 amide bonds. The molecule has 1 aliphatic carbocycles. The van der Waals surface area contributed by atoms with Gasteiger partial charge in [0, 0.05) is 16.8 Å². The van der Waals surface area contributed by atoms with E-state index in [4.69, 9.17) is 23.2 Å². The predicted octanol–water partition coefficient (Wildman–Crippen LogP) is 6.37. The molecule has 2 rings (SSSR count). The molecule has 2 nitrogen and oxygen atoms in total. The van der Waals surface area contributed by atoms with Crippen molar-refractivity contribution in [3.63, 3.8) is 0 Å². The first-order chi connectivity index (χ1) is 13.6. The van der Waals surface area contributed by atoms with Gasteiger partial charge in [0.2, 0.25) is 0 Å². The molecule has 1 atom stereocenters. The van der Waals surface area contributed by atoms with E-state index in [-0.39, 0.29) is 16.1 Å².